The number of thiophene rings is 1. The van der Waals surface area contributed by atoms with Crippen molar-refractivity contribution in [3.63, 3.8) is 0 Å². The van der Waals surface area contributed by atoms with Crippen molar-refractivity contribution < 1.29 is 14.3 Å². The third kappa shape index (κ3) is 3.41. The molecule has 2 N–H and O–H groups in total. The second-order valence-corrected chi connectivity index (χ2v) is 5.10. The van der Waals surface area contributed by atoms with E-state index in [0.717, 1.165) is 12.2 Å². The maximum absolute atomic E-state index is 12.4. The molecule has 0 aliphatic heterocycles. The summed E-state index contributed by atoms with van der Waals surface area (Å²) in [4.78, 5) is 24.4. The van der Waals surface area contributed by atoms with Crippen LogP contribution < -0.4 is 10.6 Å². The van der Waals surface area contributed by atoms with E-state index in [-0.39, 0.29) is 5.91 Å². The normalized spacial score (nSPS) is 10.0. The number of methoxy groups -OCH3 is 1. The van der Waals surface area contributed by atoms with Gasteiger partial charge in [0.2, 0.25) is 0 Å². The Morgan fingerprint density at radius 2 is 1.95 bits per heavy atom. The van der Waals surface area contributed by atoms with Gasteiger partial charge < -0.3 is 15.4 Å². The van der Waals surface area contributed by atoms with Gasteiger partial charge in [-0.05, 0) is 30.5 Å². The van der Waals surface area contributed by atoms with Gasteiger partial charge in [-0.25, -0.2) is 4.79 Å². The summed E-state index contributed by atoms with van der Waals surface area (Å²) in [6.07, 6.45) is 0. The zero-order valence-corrected chi connectivity index (χ0v) is 12.6. The molecular formula is C15H16N2O3S. The van der Waals surface area contributed by atoms with Crippen molar-refractivity contribution in [2.24, 2.45) is 0 Å². The summed E-state index contributed by atoms with van der Waals surface area (Å²) in [5.41, 5.74) is 1.75. The monoisotopic (exact) mass is 304 g/mol. The fourth-order valence-corrected chi connectivity index (χ4v) is 2.64. The van der Waals surface area contributed by atoms with Crippen LogP contribution in [0.5, 0.6) is 0 Å². The van der Waals surface area contributed by atoms with Crippen LogP contribution in [0.1, 0.15) is 27.0 Å². The molecule has 0 saturated heterocycles. The number of nitrogens with one attached hydrogen (secondary N) is 2. The predicted octanol–water partition coefficient (Wildman–Crippen LogP) is 3.22. The molecule has 1 aromatic carbocycles. The van der Waals surface area contributed by atoms with E-state index in [4.69, 9.17) is 4.74 Å². The van der Waals surface area contributed by atoms with Crippen molar-refractivity contribution in [1.29, 1.82) is 0 Å². The van der Waals surface area contributed by atoms with Crippen LogP contribution in [0.4, 0.5) is 11.4 Å². The molecule has 1 aromatic heterocycles. The fourth-order valence-electron chi connectivity index (χ4n) is 1.87. The Labute approximate surface area is 126 Å². The lowest BCUT2D eigenvalue weighted by Gasteiger charge is -2.11. The Bertz CT molecular complexity index is 652. The molecule has 2 aromatic rings. The smallest absolute Gasteiger partial charge is 0.350 e. The minimum Gasteiger partial charge on any atom is -0.465 e. The molecule has 0 atom stereocenters. The average molecular weight is 304 g/mol. The molecule has 0 aliphatic carbocycles. The van der Waals surface area contributed by atoms with Gasteiger partial charge in [0, 0.05) is 12.2 Å². The first-order valence-corrected chi connectivity index (χ1v) is 7.35. The standard InChI is InChI=1S/C15H16N2O3S/c1-3-16-11-7-5-4-6-10(11)14(18)17-12-8-9-21-13(12)15(19)20-2/h4-9,16H,3H2,1-2H3,(H,17,18). The summed E-state index contributed by atoms with van der Waals surface area (Å²) >= 11 is 1.23. The third-order valence-electron chi connectivity index (χ3n) is 2.82. The van der Waals surface area contributed by atoms with E-state index < -0.39 is 5.97 Å². The lowest BCUT2D eigenvalue weighted by molar-refractivity contribution is 0.0607. The Kier molecular flexibility index (Phi) is 4.94. The molecule has 0 fully saturated rings. The quantitative estimate of drug-likeness (QED) is 0.832. The SMILES string of the molecule is CCNc1ccccc1C(=O)Nc1ccsc1C(=O)OC. The molecule has 5 nitrogen and oxygen atoms in total. The summed E-state index contributed by atoms with van der Waals surface area (Å²) in [7, 11) is 1.31. The van der Waals surface area contributed by atoms with Crippen LogP contribution >= 0.6 is 11.3 Å². The number of hydrogen-bond donors (Lipinski definition) is 2. The molecule has 21 heavy (non-hydrogen) atoms. The molecule has 0 saturated carbocycles. The predicted molar refractivity (Wildman–Crippen MR) is 84.2 cm³/mol. The van der Waals surface area contributed by atoms with Crippen molar-refractivity contribution in [1.82, 2.24) is 0 Å². The summed E-state index contributed by atoms with van der Waals surface area (Å²) < 4.78 is 4.69. The number of carbonyl (C=O) groups is 2. The first-order chi connectivity index (χ1) is 10.2. The Morgan fingerprint density at radius 1 is 1.19 bits per heavy atom. The van der Waals surface area contributed by atoms with E-state index in [9.17, 15) is 9.59 Å². The van der Waals surface area contributed by atoms with E-state index in [1.54, 1.807) is 23.6 Å². The Hall–Kier alpha value is -2.34. The van der Waals surface area contributed by atoms with Gasteiger partial charge in [0.05, 0.1) is 18.4 Å². The molecule has 110 valence electrons. The summed E-state index contributed by atoms with van der Waals surface area (Å²) in [5, 5.41) is 7.62. The molecule has 0 spiro atoms. The van der Waals surface area contributed by atoms with Crippen LogP contribution in [-0.2, 0) is 4.74 Å². The highest BCUT2D eigenvalue weighted by Gasteiger charge is 2.17. The van der Waals surface area contributed by atoms with Gasteiger partial charge in [-0.1, -0.05) is 12.1 Å². The fraction of sp³-hybridized carbons (Fsp3) is 0.200. The van der Waals surface area contributed by atoms with Crippen LogP contribution in [0.25, 0.3) is 0 Å². The van der Waals surface area contributed by atoms with Gasteiger partial charge in [0.15, 0.2) is 0 Å². The zero-order valence-electron chi connectivity index (χ0n) is 11.8. The molecule has 6 heteroatoms. The molecule has 1 heterocycles. The van der Waals surface area contributed by atoms with E-state index in [1.165, 1.54) is 18.4 Å². The van der Waals surface area contributed by atoms with Crippen LogP contribution in [0.3, 0.4) is 0 Å². The average Bonchev–Trinajstić information content (AvgIpc) is 2.95. The molecule has 2 rings (SSSR count). The molecular weight excluding hydrogens is 288 g/mol. The second kappa shape index (κ2) is 6.90. The number of esters is 1. The van der Waals surface area contributed by atoms with Crippen molar-refractivity contribution in [2.75, 3.05) is 24.3 Å². The van der Waals surface area contributed by atoms with E-state index in [2.05, 4.69) is 10.6 Å². The lowest BCUT2D eigenvalue weighted by atomic mass is 10.1. The molecule has 0 radical (unpaired) electrons. The van der Waals surface area contributed by atoms with Crippen LogP contribution in [-0.4, -0.2) is 25.5 Å². The van der Waals surface area contributed by atoms with Crippen molar-refractivity contribution in [3.05, 3.63) is 46.2 Å². The summed E-state index contributed by atoms with van der Waals surface area (Å²) in [6, 6.07) is 8.92. The second-order valence-electron chi connectivity index (χ2n) is 4.19. The van der Waals surface area contributed by atoms with Crippen molar-refractivity contribution >= 4 is 34.6 Å². The first kappa shape index (κ1) is 15.1. The molecule has 0 unspecified atom stereocenters. The van der Waals surface area contributed by atoms with Gasteiger partial charge in [-0.2, -0.15) is 0 Å². The van der Waals surface area contributed by atoms with Crippen LogP contribution in [0.2, 0.25) is 0 Å². The largest absolute Gasteiger partial charge is 0.465 e. The van der Waals surface area contributed by atoms with Gasteiger partial charge in [0.1, 0.15) is 4.88 Å². The third-order valence-corrected chi connectivity index (χ3v) is 3.72. The number of hydrogen-bond acceptors (Lipinski definition) is 5. The number of ether oxygens (including phenoxy) is 1. The lowest BCUT2D eigenvalue weighted by Crippen LogP contribution is -2.16. The van der Waals surface area contributed by atoms with Crippen LogP contribution in [0, 0.1) is 0 Å². The minimum absolute atomic E-state index is 0.268. The van der Waals surface area contributed by atoms with E-state index in [0.29, 0.717) is 16.1 Å². The van der Waals surface area contributed by atoms with Gasteiger partial charge >= 0.3 is 5.97 Å². The van der Waals surface area contributed by atoms with Gasteiger partial charge in [-0.3, -0.25) is 4.79 Å². The van der Waals surface area contributed by atoms with E-state index in [1.807, 2.05) is 19.1 Å². The Morgan fingerprint density at radius 3 is 2.67 bits per heavy atom. The topological polar surface area (TPSA) is 67.4 Å². The maximum Gasteiger partial charge on any atom is 0.350 e. The first-order valence-electron chi connectivity index (χ1n) is 6.47. The number of para-hydroxylation sites is 1. The Balaban J connectivity index is 2.23. The van der Waals surface area contributed by atoms with Crippen LogP contribution in [0.15, 0.2) is 35.7 Å². The highest BCUT2D eigenvalue weighted by Crippen LogP contribution is 2.25. The molecule has 1 amide bonds. The number of benzene rings is 1. The number of anilines is 2. The number of amides is 1. The number of carbonyl (C=O) groups excluding carboxylic acids is 2. The van der Waals surface area contributed by atoms with Crippen molar-refractivity contribution in [2.45, 2.75) is 6.92 Å². The van der Waals surface area contributed by atoms with E-state index >= 15 is 0 Å². The van der Waals surface area contributed by atoms with Gasteiger partial charge in [0.25, 0.3) is 5.91 Å². The summed E-state index contributed by atoms with van der Waals surface area (Å²) in [5.74, 6) is -0.727. The van der Waals surface area contributed by atoms with Gasteiger partial charge in [-0.15, -0.1) is 11.3 Å². The zero-order chi connectivity index (χ0) is 15.2. The van der Waals surface area contributed by atoms with Crippen molar-refractivity contribution in [3.8, 4) is 0 Å². The molecule has 0 bridgehead atoms. The highest BCUT2D eigenvalue weighted by molar-refractivity contribution is 7.12. The number of rotatable bonds is 5. The minimum atomic E-state index is -0.458. The maximum atomic E-state index is 12.4. The highest BCUT2D eigenvalue weighted by atomic mass is 32.1. The molecule has 0 aliphatic rings. The summed E-state index contributed by atoms with van der Waals surface area (Å²) in [6.45, 7) is 2.68.